The van der Waals surface area contributed by atoms with Crippen LogP contribution in [0, 0.1) is 0 Å². The van der Waals surface area contributed by atoms with Crippen molar-refractivity contribution in [3.8, 4) is 0 Å². The fourth-order valence-electron chi connectivity index (χ4n) is 2.73. The van der Waals surface area contributed by atoms with Crippen molar-refractivity contribution < 1.29 is 9.31 Å². The molecule has 19 heavy (non-hydrogen) atoms. The summed E-state index contributed by atoms with van der Waals surface area (Å²) in [6, 6.07) is 2.18. The van der Waals surface area contributed by atoms with E-state index in [1.807, 2.05) is 6.20 Å². The lowest BCUT2D eigenvalue weighted by Crippen LogP contribution is -2.41. The van der Waals surface area contributed by atoms with Gasteiger partial charge in [0.2, 0.25) is 0 Å². The molecule has 0 radical (unpaired) electrons. The minimum absolute atomic E-state index is 0.296. The molecule has 1 aliphatic heterocycles. The molecule has 0 atom stereocenters. The van der Waals surface area contributed by atoms with Gasteiger partial charge < -0.3 is 9.31 Å². The number of aryl methyl sites for hydroxylation is 2. The van der Waals surface area contributed by atoms with E-state index >= 15 is 0 Å². The van der Waals surface area contributed by atoms with E-state index in [4.69, 9.17) is 9.31 Å². The van der Waals surface area contributed by atoms with Crippen LogP contribution in [0.25, 0.3) is 0 Å². The first-order valence-corrected chi connectivity index (χ1v) is 7.22. The first-order valence-electron chi connectivity index (χ1n) is 7.22. The van der Waals surface area contributed by atoms with E-state index in [1.54, 1.807) is 0 Å². The second-order valence-electron chi connectivity index (χ2n) is 6.67. The molecule has 102 valence electrons. The van der Waals surface area contributed by atoms with Crippen molar-refractivity contribution in [3.05, 3.63) is 23.4 Å². The quantitative estimate of drug-likeness (QED) is 0.725. The predicted octanol–water partition coefficient (Wildman–Crippen LogP) is 2.26. The van der Waals surface area contributed by atoms with Crippen molar-refractivity contribution in [2.75, 3.05) is 0 Å². The first-order chi connectivity index (χ1) is 8.89. The third-order valence-corrected chi connectivity index (χ3v) is 4.74. The summed E-state index contributed by atoms with van der Waals surface area (Å²) in [6.45, 7) is 8.30. The zero-order chi connectivity index (χ0) is 13.7. The van der Waals surface area contributed by atoms with Crippen molar-refractivity contribution in [1.82, 2.24) is 4.98 Å². The van der Waals surface area contributed by atoms with Crippen molar-refractivity contribution in [2.45, 2.75) is 64.6 Å². The van der Waals surface area contributed by atoms with Crippen molar-refractivity contribution in [3.63, 3.8) is 0 Å². The highest BCUT2D eigenvalue weighted by Crippen LogP contribution is 2.36. The molecule has 3 rings (SSSR count). The molecule has 0 N–H and O–H groups in total. The first kappa shape index (κ1) is 13.1. The largest absolute Gasteiger partial charge is 0.514 e. The molecule has 0 bridgehead atoms. The summed E-state index contributed by atoms with van der Waals surface area (Å²) in [5, 5.41) is 0. The summed E-state index contributed by atoms with van der Waals surface area (Å²) in [6.07, 6.45) is 6.88. The Kier molecular flexibility index (Phi) is 2.99. The Morgan fingerprint density at radius 3 is 2.21 bits per heavy atom. The highest BCUT2D eigenvalue weighted by molar-refractivity contribution is 6.61. The summed E-state index contributed by atoms with van der Waals surface area (Å²) in [7, 11) is -0.336. The molecule has 2 heterocycles. The van der Waals surface area contributed by atoms with E-state index in [-0.39, 0.29) is 18.3 Å². The molecule has 4 heteroatoms. The van der Waals surface area contributed by atoms with Crippen molar-refractivity contribution >= 4 is 12.7 Å². The normalized spacial score (nSPS) is 24.3. The lowest BCUT2D eigenvalue weighted by molar-refractivity contribution is 0.00578. The van der Waals surface area contributed by atoms with Crippen molar-refractivity contribution in [2.24, 2.45) is 0 Å². The number of pyridine rings is 1. The average molecular weight is 259 g/mol. The van der Waals surface area contributed by atoms with Gasteiger partial charge in [0.15, 0.2) is 0 Å². The molecule has 1 fully saturated rings. The number of rotatable bonds is 1. The Morgan fingerprint density at radius 2 is 1.58 bits per heavy atom. The second kappa shape index (κ2) is 4.32. The third kappa shape index (κ3) is 2.21. The van der Waals surface area contributed by atoms with Gasteiger partial charge in [0.05, 0.1) is 16.8 Å². The van der Waals surface area contributed by atoms with E-state index in [1.165, 1.54) is 24.0 Å². The van der Waals surface area contributed by atoms with Crippen LogP contribution in [-0.4, -0.2) is 23.3 Å². The summed E-state index contributed by atoms with van der Waals surface area (Å²) in [4.78, 5) is 4.56. The highest BCUT2D eigenvalue weighted by atomic mass is 16.7. The Balaban J connectivity index is 1.88. The van der Waals surface area contributed by atoms with Gasteiger partial charge in [-0.1, -0.05) is 0 Å². The Morgan fingerprint density at radius 1 is 1.00 bits per heavy atom. The molecular weight excluding hydrogens is 237 g/mol. The maximum Gasteiger partial charge on any atom is 0.514 e. The molecule has 0 spiro atoms. The minimum atomic E-state index is -0.336. The monoisotopic (exact) mass is 259 g/mol. The fourth-order valence-corrected chi connectivity index (χ4v) is 2.73. The number of hydrogen-bond acceptors (Lipinski definition) is 3. The average Bonchev–Trinajstić information content (AvgIpc) is 2.58. The molecule has 1 aromatic rings. The maximum atomic E-state index is 6.06. The molecular formula is C15H22BNO2. The minimum Gasteiger partial charge on any atom is -0.398 e. The van der Waals surface area contributed by atoms with Gasteiger partial charge in [-0.2, -0.15) is 0 Å². The standard InChI is InChI=1S/C15H22BNO2/c1-14(2)15(3,4)19-16(18-14)13-9-11-7-5-6-8-12(11)10-17-13/h9-10H,5-8H2,1-4H3. The molecule has 2 aliphatic rings. The maximum absolute atomic E-state index is 6.06. The predicted molar refractivity (Wildman–Crippen MR) is 76.6 cm³/mol. The smallest absolute Gasteiger partial charge is 0.398 e. The second-order valence-corrected chi connectivity index (χ2v) is 6.67. The van der Waals surface area contributed by atoms with E-state index in [0.29, 0.717) is 0 Å². The van der Waals surface area contributed by atoms with Gasteiger partial charge in [0, 0.05) is 6.20 Å². The SMILES string of the molecule is CC1(C)OB(c2cc3c(cn2)CCCC3)OC1(C)C. The molecule has 3 nitrogen and oxygen atoms in total. The van der Waals surface area contributed by atoms with Gasteiger partial charge >= 0.3 is 7.12 Å². The number of nitrogens with zero attached hydrogens (tertiary/aromatic N) is 1. The van der Waals surface area contributed by atoms with E-state index in [0.717, 1.165) is 18.4 Å². The van der Waals surface area contributed by atoms with E-state index in [2.05, 4.69) is 38.7 Å². The fraction of sp³-hybridized carbons (Fsp3) is 0.667. The van der Waals surface area contributed by atoms with Crippen LogP contribution in [0.1, 0.15) is 51.7 Å². The molecule has 0 aromatic carbocycles. The van der Waals surface area contributed by atoms with Gasteiger partial charge in [-0.05, 0) is 70.6 Å². The lowest BCUT2D eigenvalue weighted by Gasteiger charge is -2.32. The van der Waals surface area contributed by atoms with E-state index < -0.39 is 0 Å². The summed E-state index contributed by atoms with van der Waals surface area (Å²) in [5.74, 6) is 0. The highest BCUT2D eigenvalue weighted by Gasteiger charge is 2.52. The van der Waals surface area contributed by atoms with Gasteiger partial charge in [-0.15, -0.1) is 0 Å². The molecule has 1 aromatic heterocycles. The Bertz CT molecular complexity index is 483. The van der Waals surface area contributed by atoms with Gasteiger partial charge in [0.25, 0.3) is 0 Å². The topological polar surface area (TPSA) is 31.4 Å². The van der Waals surface area contributed by atoms with Crippen LogP contribution in [0.4, 0.5) is 0 Å². The van der Waals surface area contributed by atoms with Crippen molar-refractivity contribution in [1.29, 1.82) is 0 Å². The van der Waals surface area contributed by atoms with Crippen LogP contribution in [0.5, 0.6) is 0 Å². The Labute approximate surface area is 115 Å². The van der Waals surface area contributed by atoms with Crippen LogP contribution in [0.2, 0.25) is 0 Å². The summed E-state index contributed by atoms with van der Waals surface area (Å²) < 4.78 is 12.1. The van der Waals surface area contributed by atoms with Gasteiger partial charge in [0.1, 0.15) is 0 Å². The molecule has 1 aliphatic carbocycles. The van der Waals surface area contributed by atoms with Crippen LogP contribution in [0.15, 0.2) is 12.3 Å². The molecule has 0 amide bonds. The number of aromatic nitrogens is 1. The van der Waals surface area contributed by atoms with Crippen LogP contribution in [0.3, 0.4) is 0 Å². The number of hydrogen-bond donors (Lipinski definition) is 0. The number of fused-ring (bicyclic) bond motifs is 1. The summed E-state index contributed by atoms with van der Waals surface area (Å²) >= 11 is 0. The lowest BCUT2D eigenvalue weighted by atomic mass is 9.81. The zero-order valence-electron chi connectivity index (χ0n) is 12.3. The van der Waals surface area contributed by atoms with Crippen LogP contribution < -0.4 is 5.59 Å². The van der Waals surface area contributed by atoms with Gasteiger partial charge in [-0.3, -0.25) is 4.98 Å². The zero-order valence-corrected chi connectivity index (χ0v) is 12.3. The molecule has 0 saturated carbocycles. The molecule has 0 unspecified atom stereocenters. The molecule has 1 saturated heterocycles. The third-order valence-electron chi connectivity index (χ3n) is 4.74. The van der Waals surface area contributed by atoms with Crippen LogP contribution in [-0.2, 0) is 22.2 Å². The Hall–Kier alpha value is -0.865. The van der Waals surface area contributed by atoms with Crippen LogP contribution >= 0.6 is 0 Å². The van der Waals surface area contributed by atoms with E-state index in [9.17, 15) is 0 Å². The summed E-state index contributed by atoms with van der Waals surface area (Å²) in [5.41, 5.74) is 3.14. The van der Waals surface area contributed by atoms with Gasteiger partial charge in [-0.25, -0.2) is 0 Å².